The third-order valence-electron chi connectivity index (χ3n) is 4.41. The van der Waals surface area contributed by atoms with E-state index in [0.717, 1.165) is 11.3 Å². The van der Waals surface area contributed by atoms with Crippen molar-refractivity contribution in [1.29, 1.82) is 0 Å². The molecule has 0 atom stereocenters. The van der Waals surface area contributed by atoms with Gasteiger partial charge in [0.15, 0.2) is 0 Å². The normalized spacial score (nSPS) is 19.0. The van der Waals surface area contributed by atoms with Crippen LogP contribution in [0.1, 0.15) is 19.3 Å². The van der Waals surface area contributed by atoms with Gasteiger partial charge in [0.2, 0.25) is 5.91 Å². The van der Waals surface area contributed by atoms with E-state index in [9.17, 15) is 14.4 Å². The van der Waals surface area contributed by atoms with Crippen LogP contribution in [-0.4, -0.2) is 96.6 Å². The lowest BCUT2D eigenvalue weighted by atomic mass is 10.2. The van der Waals surface area contributed by atoms with Crippen LogP contribution in [0.5, 0.6) is 0 Å². The van der Waals surface area contributed by atoms with Crippen molar-refractivity contribution in [3.63, 3.8) is 0 Å². The lowest BCUT2D eigenvalue weighted by Gasteiger charge is -2.35. The molecule has 0 spiro atoms. The van der Waals surface area contributed by atoms with E-state index in [-0.39, 0.29) is 16.7 Å². The highest BCUT2D eigenvalue weighted by atomic mass is 32.1. The first kappa shape index (κ1) is 17.8. The van der Waals surface area contributed by atoms with E-state index in [1.807, 2.05) is 4.90 Å². The summed E-state index contributed by atoms with van der Waals surface area (Å²) in [7, 11) is 0. The summed E-state index contributed by atoms with van der Waals surface area (Å²) in [5.74, 6) is -1.06. The lowest BCUT2D eigenvalue weighted by molar-refractivity contribution is -0.136. The first-order valence-corrected chi connectivity index (χ1v) is 9.06. The van der Waals surface area contributed by atoms with Gasteiger partial charge in [-0.2, -0.15) is 0 Å². The maximum absolute atomic E-state index is 12.4. The van der Waals surface area contributed by atoms with Gasteiger partial charge in [-0.15, -0.1) is 11.3 Å². The largest absolute Gasteiger partial charge is 0.477 e. The average molecular weight is 367 g/mol. The maximum Gasteiger partial charge on any atom is 0.345 e. The molecule has 8 nitrogen and oxygen atoms in total. The van der Waals surface area contributed by atoms with Crippen LogP contribution in [0.2, 0.25) is 0 Å². The van der Waals surface area contributed by atoms with Gasteiger partial charge in [0, 0.05) is 39.3 Å². The van der Waals surface area contributed by atoms with Crippen molar-refractivity contribution in [2.24, 2.45) is 0 Å². The summed E-state index contributed by atoms with van der Waals surface area (Å²) in [5.41, 5.74) is 0. The Morgan fingerprint density at radius 1 is 0.960 bits per heavy atom. The predicted octanol–water partition coefficient (Wildman–Crippen LogP) is 0.0629. The zero-order valence-electron chi connectivity index (χ0n) is 13.8. The number of thiophene rings is 1. The van der Waals surface area contributed by atoms with Crippen LogP contribution < -0.4 is 0 Å². The second-order valence-electron chi connectivity index (χ2n) is 6.03. The molecule has 0 bridgehead atoms. The highest BCUT2D eigenvalue weighted by Gasteiger charge is 2.26. The molecule has 1 N–H and O–H groups in total. The number of morpholine rings is 1. The summed E-state index contributed by atoms with van der Waals surface area (Å²) in [5, 5.41) is 8.95. The Morgan fingerprint density at radius 2 is 1.60 bits per heavy atom. The fourth-order valence-electron chi connectivity index (χ4n) is 2.94. The molecular formula is C16H21N3O5S. The van der Waals surface area contributed by atoms with Crippen LogP contribution >= 0.6 is 11.3 Å². The molecule has 1 aromatic rings. The van der Waals surface area contributed by atoms with Crippen LogP contribution in [0, 0.1) is 0 Å². The summed E-state index contributed by atoms with van der Waals surface area (Å²) in [6, 6.07) is 3.02. The van der Waals surface area contributed by atoms with Gasteiger partial charge in [-0.25, -0.2) is 4.79 Å². The standard InChI is InChI=1S/C16H21N3O5S/c20-14(18-7-9-24-10-8-18)11-17-3-5-19(6-4-17)15(21)12-1-2-13(25-12)16(22)23/h1-2H,3-11H2,(H,22,23). The summed E-state index contributed by atoms with van der Waals surface area (Å²) in [4.78, 5) is 41.8. The molecule has 2 aliphatic rings. The topological polar surface area (TPSA) is 90.4 Å². The third-order valence-corrected chi connectivity index (χ3v) is 5.47. The molecule has 3 rings (SSSR count). The molecule has 9 heteroatoms. The van der Waals surface area contributed by atoms with Crippen LogP contribution in [0.3, 0.4) is 0 Å². The van der Waals surface area contributed by atoms with Crippen LogP contribution in [0.4, 0.5) is 0 Å². The molecule has 0 radical (unpaired) electrons. The van der Waals surface area contributed by atoms with Gasteiger partial charge in [-0.3, -0.25) is 14.5 Å². The predicted molar refractivity (Wildman–Crippen MR) is 91.0 cm³/mol. The van der Waals surface area contributed by atoms with Crippen LogP contribution in [-0.2, 0) is 9.53 Å². The van der Waals surface area contributed by atoms with Crippen molar-refractivity contribution < 1.29 is 24.2 Å². The number of carboxylic acid groups (broad SMARTS) is 1. The smallest absolute Gasteiger partial charge is 0.345 e. The maximum atomic E-state index is 12.4. The van der Waals surface area contributed by atoms with Gasteiger partial charge in [0.1, 0.15) is 4.88 Å². The minimum atomic E-state index is -1.02. The van der Waals surface area contributed by atoms with Crippen LogP contribution in [0.25, 0.3) is 0 Å². The average Bonchev–Trinajstić information content (AvgIpc) is 3.13. The second-order valence-corrected chi connectivity index (χ2v) is 7.11. The zero-order chi connectivity index (χ0) is 17.8. The molecule has 0 aliphatic carbocycles. The number of nitrogens with zero attached hydrogens (tertiary/aromatic N) is 3. The number of aromatic carboxylic acids is 1. The van der Waals surface area contributed by atoms with Crippen molar-refractivity contribution >= 4 is 29.1 Å². The fourth-order valence-corrected chi connectivity index (χ4v) is 3.75. The Balaban J connectivity index is 1.48. The van der Waals surface area contributed by atoms with Gasteiger partial charge in [-0.1, -0.05) is 0 Å². The number of rotatable bonds is 4. The zero-order valence-corrected chi connectivity index (χ0v) is 14.7. The summed E-state index contributed by atoms with van der Waals surface area (Å²) >= 11 is 0.996. The first-order chi connectivity index (χ1) is 12.0. The van der Waals surface area contributed by atoms with E-state index in [2.05, 4.69) is 4.90 Å². The number of piperazine rings is 1. The SMILES string of the molecule is O=C(O)c1ccc(C(=O)N2CCN(CC(=O)N3CCOCC3)CC2)s1. The number of hydrogen-bond acceptors (Lipinski definition) is 6. The fraction of sp³-hybridized carbons (Fsp3) is 0.562. The lowest BCUT2D eigenvalue weighted by Crippen LogP contribution is -2.52. The Labute approximate surface area is 149 Å². The molecule has 136 valence electrons. The molecule has 0 unspecified atom stereocenters. The molecule has 2 fully saturated rings. The highest BCUT2D eigenvalue weighted by molar-refractivity contribution is 7.15. The number of hydrogen-bond donors (Lipinski definition) is 1. The molecule has 3 heterocycles. The Bertz CT molecular complexity index is 648. The second kappa shape index (κ2) is 7.94. The van der Waals surface area contributed by atoms with Crippen molar-refractivity contribution in [3.8, 4) is 0 Å². The van der Waals surface area contributed by atoms with Gasteiger partial charge >= 0.3 is 5.97 Å². The van der Waals surface area contributed by atoms with Crippen molar-refractivity contribution in [2.75, 3.05) is 59.0 Å². The van der Waals surface area contributed by atoms with E-state index in [4.69, 9.17) is 9.84 Å². The minimum Gasteiger partial charge on any atom is -0.477 e. The van der Waals surface area contributed by atoms with E-state index >= 15 is 0 Å². The van der Waals surface area contributed by atoms with E-state index in [1.54, 1.807) is 11.0 Å². The molecular weight excluding hydrogens is 346 g/mol. The molecule has 1 aromatic heterocycles. The van der Waals surface area contributed by atoms with E-state index in [1.165, 1.54) is 6.07 Å². The molecule has 0 aromatic carbocycles. The molecule has 0 saturated carbocycles. The number of amides is 2. The summed E-state index contributed by atoms with van der Waals surface area (Å²) in [6.07, 6.45) is 0. The Morgan fingerprint density at radius 3 is 2.20 bits per heavy atom. The van der Waals surface area contributed by atoms with Gasteiger partial charge in [0.05, 0.1) is 24.6 Å². The molecule has 2 aliphatic heterocycles. The van der Waals surface area contributed by atoms with Gasteiger partial charge in [0.25, 0.3) is 5.91 Å². The number of carboxylic acids is 1. The Kier molecular flexibility index (Phi) is 5.67. The minimum absolute atomic E-state index is 0.104. The number of carbonyl (C=O) groups is 3. The summed E-state index contributed by atoms with van der Waals surface area (Å²) < 4.78 is 5.25. The van der Waals surface area contributed by atoms with Gasteiger partial charge in [-0.05, 0) is 12.1 Å². The molecule has 2 saturated heterocycles. The van der Waals surface area contributed by atoms with E-state index < -0.39 is 5.97 Å². The van der Waals surface area contributed by atoms with Crippen molar-refractivity contribution in [1.82, 2.24) is 14.7 Å². The monoisotopic (exact) mass is 367 g/mol. The number of ether oxygens (including phenoxy) is 1. The summed E-state index contributed by atoms with van der Waals surface area (Å²) in [6.45, 7) is 5.18. The van der Waals surface area contributed by atoms with Crippen LogP contribution in [0.15, 0.2) is 12.1 Å². The van der Waals surface area contributed by atoms with E-state index in [0.29, 0.717) is 63.9 Å². The molecule has 25 heavy (non-hydrogen) atoms. The van der Waals surface area contributed by atoms with Gasteiger partial charge < -0.3 is 19.6 Å². The molecule has 2 amide bonds. The van der Waals surface area contributed by atoms with Crippen molar-refractivity contribution in [2.45, 2.75) is 0 Å². The number of carbonyl (C=O) groups excluding carboxylic acids is 2. The Hall–Kier alpha value is -1.97. The first-order valence-electron chi connectivity index (χ1n) is 8.25. The quantitative estimate of drug-likeness (QED) is 0.810. The van der Waals surface area contributed by atoms with Crippen molar-refractivity contribution in [3.05, 3.63) is 21.9 Å². The third kappa shape index (κ3) is 4.36. The highest BCUT2D eigenvalue weighted by Crippen LogP contribution is 2.19.